The normalized spacial score (nSPS) is 10.2. The van der Waals surface area contributed by atoms with Crippen LogP contribution < -0.4 is 10.1 Å². The average Bonchev–Trinajstić information content (AvgIpc) is 2.38. The third-order valence-electron chi connectivity index (χ3n) is 2.35. The molecule has 0 heterocycles. The molecule has 0 aliphatic heterocycles. The molecule has 1 rings (SSSR count). The van der Waals surface area contributed by atoms with Crippen molar-refractivity contribution in [1.29, 1.82) is 0 Å². The van der Waals surface area contributed by atoms with Crippen molar-refractivity contribution in [2.75, 3.05) is 32.2 Å². The van der Waals surface area contributed by atoms with Gasteiger partial charge >= 0.3 is 0 Å². The van der Waals surface area contributed by atoms with Gasteiger partial charge in [0.05, 0.1) is 25.9 Å². The summed E-state index contributed by atoms with van der Waals surface area (Å²) >= 11 is 3.27. The van der Waals surface area contributed by atoms with Gasteiger partial charge in [0.25, 0.3) is 5.91 Å². The van der Waals surface area contributed by atoms with E-state index in [1.165, 1.54) is 0 Å². The van der Waals surface area contributed by atoms with E-state index in [4.69, 9.17) is 9.47 Å². The van der Waals surface area contributed by atoms with Crippen LogP contribution in [0.3, 0.4) is 0 Å². The van der Waals surface area contributed by atoms with Gasteiger partial charge in [0, 0.05) is 11.9 Å². The first-order valence-electron chi connectivity index (χ1n) is 5.75. The van der Waals surface area contributed by atoms with Gasteiger partial charge in [0.15, 0.2) is 0 Å². The smallest absolute Gasteiger partial charge is 0.255 e. The Bertz CT molecular complexity index is 396. The molecule has 0 spiro atoms. The summed E-state index contributed by atoms with van der Waals surface area (Å²) in [7, 11) is 1.56. The second kappa shape index (κ2) is 8.11. The predicted molar refractivity (Wildman–Crippen MR) is 74.7 cm³/mol. The number of rotatable bonds is 7. The van der Waals surface area contributed by atoms with Crippen molar-refractivity contribution < 1.29 is 14.3 Å². The number of methoxy groups -OCH3 is 1. The molecule has 0 fully saturated rings. The van der Waals surface area contributed by atoms with E-state index < -0.39 is 0 Å². The third-order valence-corrected chi connectivity index (χ3v) is 2.68. The summed E-state index contributed by atoms with van der Waals surface area (Å²) in [6.45, 7) is 3.58. The lowest BCUT2D eigenvalue weighted by Gasteiger charge is -2.10. The lowest BCUT2D eigenvalue weighted by Crippen LogP contribution is -2.27. The standard InChI is InChI=1S/C13H18BrNO3/c1-10-3-4-12(17-2)11(9-10)13(16)15-6-8-18-7-5-14/h3-4,9H,5-8H2,1-2H3,(H,15,16). The molecule has 1 N–H and O–H groups in total. The molecule has 100 valence electrons. The Hall–Kier alpha value is -1.07. The highest BCUT2D eigenvalue weighted by Gasteiger charge is 2.11. The van der Waals surface area contributed by atoms with Gasteiger partial charge in [-0.25, -0.2) is 0 Å². The number of alkyl halides is 1. The molecule has 0 saturated heterocycles. The van der Waals surface area contributed by atoms with Crippen molar-refractivity contribution in [2.45, 2.75) is 6.92 Å². The molecule has 1 aromatic rings. The number of ether oxygens (including phenoxy) is 2. The van der Waals surface area contributed by atoms with Gasteiger partial charge in [-0.3, -0.25) is 4.79 Å². The molecule has 4 nitrogen and oxygen atoms in total. The quantitative estimate of drug-likeness (QED) is 0.619. The fourth-order valence-electron chi connectivity index (χ4n) is 1.49. The fourth-order valence-corrected chi connectivity index (χ4v) is 1.72. The molecule has 1 amide bonds. The number of carbonyl (C=O) groups is 1. The maximum Gasteiger partial charge on any atom is 0.255 e. The van der Waals surface area contributed by atoms with Crippen molar-refractivity contribution in [3.05, 3.63) is 29.3 Å². The van der Waals surface area contributed by atoms with Gasteiger partial charge in [-0.05, 0) is 19.1 Å². The van der Waals surface area contributed by atoms with Crippen LogP contribution in [0.2, 0.25) is 0 Å². The van der Waals surface area contributed by atoms with Crippen molar-refractivity contribution in [3.8, 4) is 5.75 Å². The summed E-state index contributed by atoms with van der Waals surface area (Å²) in [4.78, 5) is 12.0. The summed E-state index contributed by atoms with van der Waals surface area (Å²) in [5.74, 6) is 0.442. The Balaban J connectivity index is 2.52. The highest BCUT2D eigenvalue weighted by atomic mass is 79.9. The number of halogens is 1. The van der Waals surface area contributed by atoms with Crippen molar-refractivity contribution in [2.24, 2.45) is 0 Å². The maximum atomic E-state index is 12.0. The van der Waals surface area contributed by atoms with Gasteiger partial charge < -0.3 is 14.8 Å². The van der Waals surface area contributed by atoms with Crippen LogP contribution in [-0.4, -0.2) is 38.1 Å². The Kier molecular flexibility index (Phi) is 6.75. The number of nitrogens with one attached hydrogen (secondary N) is 1. The van der Waals surface area contributed by atoms with Gasteiger partial charge in [0.2, 0.25) is 0 Å². The van der Waals surface area contributed by atoms with E-state index in [1.54, 1.807) is 13.2 Å². The minimum atomic E-state index is -0.141. The highest BCUT2D eigenvalue weighted by Crippen LogP contribution is 2.19. The molecule has 0 aromatic heterocycles. The second-order valence-corrected chi connectivity index (χ2v) is 4.55. The number of hydrogen-bond donors (Lipinski definition) is 1. The molecule has 0 aliphatic rings. The van der Waals surface area contributed by atoms with Crippen molar-refractivity contribution in [3.63, 3.8) is 0 Å². The summed E-state index contributed by atoms with van der Waals surface area (Å²) in [6, 6.07) is 5.52. The van der Waals surface area contributed by atoms with Crippen LogP contribution in [0.25, 0.3) is 0 Å². The first kappa shape index (κ1) is 15.0. The number of amides is 1. The summed E-state index contributed by atoms with van der Waals surface area (Å²) < 4.78 is 10.4. The number of hydrogen-bond acceptors (Lipinski definition) is 3. The van der Waals surface area contributed by atoms with Crippen LogP contribution in [0.4, 0.5) is 0 Å². The molecule has 0 saturated carbocycles. The molecule has 0 unspecified atom stereocenters. The number of carbonyl (C=O) groups excluding carboxylic acids is 1. The lowest BCUT2D eigenvalue weighted by molar-refractivity contribution is 0.0921. The largest absolute Gasteiger partial charge is 0.496 e. The average molecular weight is 316 g/mol. The van der Waals surface area contributed by atoms with Crippen LogP contribution in [0.1, 0.15) is 15.9 Å². The van der Waals surface area contributed by atoms with Gasteiger partial charge in [-0.2, -0.15) is 0 Å². The molecular weight excluding hydrogens is 298 g/mol. The molecule has 5 heteroatoms. The van der Waals surface area contributed by atoms with Crippen LogP contribution in [0.15, 0.2) is 18.2 Å². The van der Waals surface area contributed by atoms with Gasteiger partial charge in [-0.1, -0.05) is 27.6 Å². The molecule has 0 bridgehead atoms. The molecule has 1 aromatic carbocycles. The fraction of sp³-hybridized carbons (Fsp3) is 0.462. The van der Waals surface area contributed by atoms with E-state index in [0.29, 0.717) is 31.1 Å². The Morgan fingerprint density at radius 2 is 2.17 bits per heavy atom. The predicted octanol–water partition coefficient (Wildman–Crippen LogP) is 2.14. The molecule has 0 aliphatic carbocycles. The van der Waals surface area contributed by atoms with Crippen molar-refractivity contribution >= 4 is 21.8 Å². The monoisotopic (exact) mass is 315 g/mol. The second-order valence-electron chi connectivity index (χ2n) is 3.76. The topological polar surface area (TPSA) is 47.6 Å². The van der Waals surface area contributed by atoms with Crippen LogP contribution in [-0.2, 0) is 4.74 Å². The summed E-state index contributed by atoms with van der Waals surface area (Å²) in [5.41, 5.74) is 1.58. The first-order chi connectivity index (χ1) is 8.69. The van der Waals surface area contributed by atoms with Crippen LogP contribution >= 0.6 is 15.9 Å². The minimum absolute atomic E-state index is 0.141. The zero-order valence-corrected chi connectivity index (χ0v) is 12.2. The highest BCUT2D eigenvalue weighted by molar-refractivity contribution is 9.09. The number of benzene rings is 1. The van der Waals surface area contributed by atoms with E-state index in [1.807, 2.05) is 19.1 Å². The van der Waals surface area contributed by atoms with E-state index in [0.717, 1.165) is 10.9 Å². The SMILES string of the molecule is COc1ccc(C)cc1C(=O)NCCOCCBr. The van der Waals surface area contributed by atoms with E-state index >= 15 is 0 Å². The van der Waals surface area contributed by atoms with Crippen LogP contribution in [0, 0.1) is 6.92 Å². The Labute approximate surface area is 116 Å². The molecule has 0 atom stereocenters. The Morgan fingerprint density at radius 3 is 2.83 bits per heavy atom. The molecular formula is C13H18BrNO3. The minimum Gasteiger partial charge on any atom is -0.496 e. The summed E-state index contributed by atoms with van der Waals surface area (Å²) in [5, 5.41) is 3.60. The third kappa shape index (κ3) is 4.66. The zero-order valence-electron chi connectivity index (χ0n) is 10.7. The molecule has 0 radical (unpaired) electrons. The number of aryl methyl sites for hydroxylation is 1. The van der Waals surface area contributed by atoms with E-state index in [-0.39, 0.29) is 5.91 Å². The van der Waals surface area contributed by atoms with E-state index in [9.17, 15) is 4.79 Å². The molecule has 18 heavy (non-hydrogen) atoms. The first-order valence-corrected chi connectivity index (χ1v) is 6.87. The van der Waals surface area contributed by atoms with Gasteiger partial charge in [0.1, 0.15) is 5.75 Å². The van der Waals surface area contributed by atoms with Crippen LogP contribution in [0.5, 0.6) is 5.75 Å². The summed E-state index contributed by atoms with van der Waals surface area (Å²) in [6.07, 6.45) is 0. The zero-order chi connectivity index (χ0) is 13.4. The lowest BCUT2D eigenvalue weighted by atomic mass is 10.1. The van der Waals surface area contributed by atoms with Crippen molar-refractivity contribution in [1.82, 2.24) is 5.32 Å². The van der Waals surface area contributed by atoms with Gasteiger partial charge in [-0.15, -0.1) is 0 Å². The maximum absolute atomic E-state index is 12.0. The van der Waals surface area contributed by atoms with E-state index in [2.05, 4.69) is 21.2 Å². The Morgan fingerprint density at radius 1 is 1.39 bits per heavy atom.